The quantitative estimate of drug-likeness (QED) is 0.507. The van der Waals surface area contributed by atoms with Crippen molar-refractivity contribution in [1.29, 1.82) is 0 Å². The molecule has 3 heterocycles. The zero-order chi connectivity index (χ0) is 18.4. The third-order valence-corrected chi connectivity index (χ3v) is 5.48. The van der Waals surface area contributed by atoms with E-state index < -0.39 is 0 Å². The number of amides is 1. The van der Waals surface area contributed by atoms with Crippen LogP contribution in [0.3, 0.4) is 0 Å². The summed E-state index contributed by atoms with van der Waals surface area (Å²) in [6, 6.07) is 11.5. The van der Waals surface area contributed by atoms with E-state index in [1.165, 1.54) is 11.3 Å². The van der Waals surface area contributed by atoms with E-state index in [0.29, 0.717) is 27.0 Å². The van der Waals surface area contributed by atoms with Gasteiger partial charge in [0.2, 0.25) is 5.91 Å². The number of rotatable bonds is 4. The number of thiazole rings is 1. The van der Waals surface area contributed by atoms with Crippen LogP contribution in [-0.2, 0) is 4.79 Å². The Morgan fingerprint density at radius 3 is 2.85 bits per heavy atom. The van der Waals surface area contributed by atoms with Gasteiger partial charge in [-0.1, -0.05) is 35.6 Å². The van der Waals surface area contributed by atoms with E-state index >= 15 is 0 Å². The molecule has 1 aliphatic carbocycles. The van der Waals surface area contributed by atoms with Gasteiger partial charge < -0.3 is 5.32 Å². The molecule has 0 aliphatic heterocycles. The summed E-state index contributed by atoms with van der Waals surface area (Å²) in [7, 11) is 0. The van der Waals surface area contributed by atoms with Crippen molar-refractivity contribution in [3.05, 3.63) is 52.9 Å². The summed E-state index contributed by atoms with van der Waals surface area (Å²) in [4.78, 5) is 33.3. The summed E-state index contributed by atoms with van der Waals surface area (Å²) in [6.07, 6.45) is 3.50. The van der Waals surface area contributed by atoms with Crippen LogP contribution in [0.5, 0.6) is 0 Å². The maximum atomic E-state index is 12.4. The molecule has 1 saturated carbocycles. The zero-order valence-electron chi connectivity index (χ0n) is 14.2. The van der Waals surface area contributed by atoms with Crippen molar-refractivity contribution in [1.82, 2.24) is 20.2 Å². The number of hydrogen-bond donors (Lipinski definition) is 3. The summed E-state index contributed by atoms with van der Waals surface area (Å²) in [5.41, 5.74) is 2.14. The summed E-state index contributed by atoms with van der Waals surface area (Å²) in [5.74, 6) is 0.157. The monoisotopic (exact) mass is 377 g/mol. The van der Waals surface area contributed by atoms with Gasteiger partial charge in [0.15, 0.2) is 0 Å². The lowest BCUT2D eigenvalue weighted by molar-refractivity contribution is -0.117. The smallest absolute Gasteiger partial charge is 0.274 e. The zero-order valence-corrected chi connectivity index (χ0v) is 15.0. The molecule has 4 aromatic rings. The van der Waals surface area contributed by atoms with E-state index in [-0.39, 0.29) is 17.4 Å². The average molecular weight is 377 g/mol. The first-order chi connectivity index (χ1) is 13.2. The molecule has 0 radical (unpaired) electrons. The molecule has 0 spiro atoms. The van der Waals surface area contributed by atoms with Gasteiger partial charge in [0, 0.05) is 11.3 Å². The molecular formula is C19H15N5O2S. The van der Waals surface area contributed by atoms with Crippen molar-refractivity contribution in [2.75, 3.05) is 5.32 Å². The van der Waals surface area contributed by atoms with Crippen LogP contribution in [0, 0.1) is 5.92 Å². The minimum absolute atomic E-state index is 0.0316. The Kier molecular flexibility index (Phi) is 3.64. The Morgan fingerprint density at radius 2 is 2.00 bits per heavy atom. The number of para-hydroxylation sites is 1. The molecule has 0 bridgehead atoms. The largest absolute Gasteiger partial charge is 0.316 e. The number of aromatic nitrogens is 4. The first-order valence-corrected chi connectivity index (χ1v) is 9.44. The molecule has 7 nitrogen and oxygen atoms in total. The number of H-pyrrole nitrogens is 2. The van der Waals surface area contributed by atoms with Gasteiger partial charge in [0.1, 0.15) is 15.7 Å². The number of carbonyl (C=O) groups is 1. The van der Waals surface area contributed by atoms with Crippen LogP contribution in [0.1, 0.15) is 12.8 Å². The second-order valence-corrected chi connectivity index (χ2v) is 7.54. The van der Waals surface area contributed by atoms with Crippen LogP contribution in [-0.4, -0.2) is 26.1 Å². The second kappa shape index (κ2) is 6.17. The highest BCUT2D eigenvalue weighted by molar-refractivity contribution is 7.19. The van der Waals surface area contributed by atoms with Crippen molar-refractivity contribution in [3.8, 4) is 22.0 Å². The molecular weight excluding hydrogens is 362 g/mol. The molecule has 0 unspecified atom stereocenters. The number of nitrogens with one attached hydrogen (secondary N) is 3. The van der Waals surface area contributed by atoms with Crippen molar-refractivity contribution in [2.24, 2.45) is 5.92 Å². The number of carbonyl (C=O) groups excluding carboxylic acids is 1. The molecule has 134 valence electrons. The maximum absolute atomic E-state index is 12.4. The van der Waals surface area contributed by atoms with E-state index in [2.05, 4.69) is 25.5 Å². The molecule has 0 saturated heterocycles. The molecule has 1 fully saturated rings. The highest BCUT2D eigenvalue weighted by Crippen LogP contribution is 2.34. The van der Waals surface area contributed by atoms with Gasteiger partial charge in [0.05, 0.1) is 23.0 Å². The fourth-order valence-corrected chi connectivity index (χ4v) is 3.81. The molecule has 5 rings (SSSR count). The highest BCUT2D eigenvalue weighted by atomic mass is 32.1. The van der Waals surface area contributed by atoms with Crippen LogP contribution in [0.25, 0.3) is 32.9 Å². The minimum Gasteiger partial charge on any atom is -0.316 e. The number of hydrogen-bond acceptors (Lipinski definition) is 5. The van der Waals surface area contributed by atoms with Crippen LogP contribution in [0.4, 0.5) is 5.00 Å². The fourth-order valence-electron chi connectivity index (χ4n) is 2.98. The van der Waals surface area contributed by atoms with Crippen molar-refractivity contribution >= 4 is 33.1 Å². The Balaban J connectivity index is 1.53. The molecule has 1 aliphatic rings. The summed E-state index contributed by atoms with van der Waals surface area (Å²) in [6.45, 7) is 0. The van der Waals surface area contributed by atoms with E-state index in [1.54, 1.807) is 6.20 Å². The predicted molar refractivity (Wildman–Crippen MR) is 105 cm³/mol. The highest BCUT2D eigenvalue weighted by Gasteiger charge is 2.30. The van der Waals surface area contributed by atoms with Gasteiger partial charge in [-0.05, 0) is 25.0 Å². The van der Waals surface area contributed by atoms with Crippen LogP contribution < -0.4 is 10.9 Å². The Hall–Kier alpha value is -3.26. The Morgan fingerprint density at radius 1 is 1.15 bits per heavy atom. The first kappa shape index (κ1) is 16.0. The third kappa shape index (κ3) is 2.93. The normalized spacial score (nSPS) is 13.8. The van der Waals surface area contributed by atoms with Gasteiger partial charge in [0.25, 0.3) is 5.56 Å². The average Bonchev–Trinajstić information content (AvgIpc) is 3.33. The van der Waals surface area contributed by atoms with E-state index in [0.717, 1.165) is 23.7 Å². The SMILES string of the molecule is O=C(Nc1cnc(-c2[nH][nH]c(=O)c2-c2ccc3ccccc3n2)s1)C1CC1. The maximum Gasteiger partial charge on any atom is 0.274 e. The standard InChI is InChI=1S/C19H15N5O2S/c25-17(11-5-6-11)22-14-9-20-19(27-14)16-15(18(26)24-23-16)13-8-7-10-3-1-2-4-12(10)21-13/h1-4,7-9,11H,5-6H2,(H,22,25)(H2,23,24,26). The Labute approximate surface area is 157 Å². The minimum atomic E-state index is -0.258. The van der Waals surface area contributed by atoms with Crippen LogP contribution in [0.15, 0.2) is 47.4 Å². The predicted octanol–water partition coefficient (Wildman–Crippen LogP) is 3.39. The topological polar surface area (TPSA) is 104 Å². The summed E-state index contributed by atoms with van der Waals surface area (Å²) in [5, 5.41) is 10.7. The lowest BCUT2D eigenvalue weighted by atomic mass is 10.1. The molecule has 3 N–H and O–H groups in total. The van der Waals surface area contributed by atoms with E-state index in [9.17, 15) is 9.59 Å². The summed E-state index contributed by atoms with van der Waals surface area (Å²) < 4.78 is 0. The van der Waals surface area contributed by atoms with Gasteiger partial charge in [-0.15, -0.1) is 0 Å². The molecule has 8 heteroatoms. The van der Waals surface area contributed by atoms with Crippen LogP contribution >= 0.6 is 11.3 Å². The lowest BCUT2D eigenvalue weighted by Crippen LogP contribution is -2.11. The lowest BCUT2D eigenvalue weighted by Gasteiger charge is -2.02. The summed E-state index contributed by atoms with van der Waals surface area (Å²) >= 11 is 1.32. The third-order valence-electron chi connectivity index (χ3n) is 4.55. The molecule has 27 heavy (non-hydrogen) atoms. The van der Waals surface area contributed by atoms with Gasteiger partial charge in [-0.2, -0.15) is 0 Å². The van der Waals surface area contributed by atoms with E-state index in [1.807, 2.05) is 36.4 Å². The van der Waals surface area contributed by atoms with Gasteiger partial charge >= 0.3 is 0 Å². The Bertz CT molecular complexity index is 1220. The van der Waals surface area contributed by atoms with Gasteiger partial charge in [-0.3, -0.25) is 19.8 Å². The van der Waals surface area contributed by atoms with Crippen molar-refractivity contribution < 1.29 is 4.79 Å². The number of pyridine rings is 1. The van der Waals surface area contributed by atoms with Crippen molar-refractivity contribution in [3.63, 3.8) is 0 Å². The number of aromatic amines is 2. The second-order valence-electron chi connectivity index (χ2n) is 6.51. The number of nitrogens with zero attached hydrogens (tertiary/aromatic N) is 2. The van der Waals surface area contributed by atoms with E-state index in [4.69, 9.17) is 0 Å². The van der Waals surface area contributed by atoms with Crippen molar-refractivity contribution in [2.45, 2.75) is 12.8 Å². The fraction of sp³-hybridized carbons (Fsp3) is 0.158. The molecule has 1 aromatic carbocycles. The van der Waals surface area contributed by atoms with Gasteiger partial charge in [-0.25, -0.2) is 9.97 Å². The molecule has 3 aromatic heterocycles. The number of benzene rings is 1. The number of fused-ring (bicyclic) bond motifs is 1. The first-order valence-electron chi connectivity index (χ1n) is 8.63. The molecule has 0 atom stereocenters. The van der Waals surface area contributed by atoms with Crippen LogP contribution in [0.2, 0.25) is 0 Å². The number of anilines is 1. The molecule has 1 amide bonds.